The lowest BCUT2D eigenvalue weighted by molar-refractivity contribution is -0.147. The fourth-order valence-corrected chi connectivity index (χ4v) is 3.34. The molecule has 0 N–H and O–H groups in total. The van der Waals surface area contributed by atoms with E-state index >= 15 is 0 Å². The molecule has 0 aliphatic rings. The van der Waals surface area contributed by atoms with Crippen LogP contribution in [0, 0.1) is 5.92 Å². The van der Waals surface area contributed by atoms with E-state index in [2.05, 4.69) is 29.1 Å². The Bertz CT molecular complexity index is 523. The predicted molar refractivity (Wildman–Crippen MR) is 154 cm³/mol. The Kier molecular flexibility index (Phi) is 26.8. The molecular weight excluding hydrogens is 504 g/mol. The molecule has 0 fully saturated rings. The SMILES string of the molecule is C=CCCCCCCCCCOC(=O)C(C)(C)Br.C=CCCCCCCCCCOC(=O)C(C)C. The molecule has 0 aliphatic carbocycles. The van der Waals surface area contributed by atoms with E-state index < -0.39 is 4.32 Å². The lowest BCUT2D eigenvalue weighted by Gasteiger charge is -2.14. The summed E-state index contributed by atoms with van der Waals surface area (Å²) in [5, 5.41) is 0. The maximum Gasteiger partial charge on any atom is 0.322 e. The Morgan fingerprint density at radius 2 is 1.03 bits per heavy atom. The van der Waals surface area contributed by atoms with Gasteiger partial charge in [0.15, 0.2) is 0 Å². The predicted octanol–water partition coefficient (Wildman–Crippen LogP) is 9.50. The van der Waals surface area contributed by atoms with Crippen LogP contribution in [0.1, 0.15) is 130 Å². The number of ether oxygens (including phenoxy) is 2. The van der Waals surface area contributed by atoms with E-state index in [-0.39, 0.29) is 17.9 Å². The Morgan fingerprint density at radius 1 is 0.686 bits per heavy atom. The average molecular weight is 560 g/mol. The van der Waals surface area contributed by atoms with Gasteiger partial charge in [0.1, 0.15) is 4.32 Å². The number of hydrogen-bond donors (Lipinski definition) is 0. The molecule has 0 unspecified atom stereocenters. The first kappa shape index (κ1) is 36.1. The van der Waals surface area contributed by atoms with E-state index in [0.29, 0.717) is 13.2 Å². The summed E-state index contributed by atoms with van der Waals surface area (Å²) in [6, 6.07) is 0. The van der Waals surface area contributed by atoms with Gasteiger partial charge in [-0.15, -0.1) is 13.2 Å². The van der Waals surface area contributed by atoms with Crippen molar-refractivity contribution in [2.45, 2.75) is 135 Å². The molecule has 0 rings (SSSR count). The second-order valence-electron chi connectivity index (χ2n) is 10.0. The lowest BCUT2D eigenvalue weighted by Crippen LogP contribution is -2.26. The van der Waals surface area contributed by atoms with E-state index in [1.54, 1.807) is 13.8 Å². The molecular formula is C30H55BrO4. The maximum absolute atomic E-state index is 11.4. The minimum Gasteiger partial charge on any atom is -0.465 e. The Labute approximate surface area is 225 Å². The summed E-state index contributed by atoms with van der Waals surface area (Å²) in [6.45, 7) is 15.9. The zero-order valence-corrected chi connectivity index (χ0v) is 25.0. The van der Waals surface area contributed by atoms with Crippen molar-refractivity contribution in [3.8, 4) is 0 Å². The molecule has 4 nitrogen and oxygen atoms in total. The second-order valence-corrected chi connectivity index (χ2v) is 12.0. The fourth-order valence-electron chi connectivity index (χ4n) is 3.23. The minimum absolute atomic E-state index is 0.000129. The summed E-state index contributed by atoms with van der Waals surface area (Å²) in [5.41, 5.74) is 0. The van der Waals surface area contributed by atoms with Crippen LogP contribution < -0.4 is 0 Å². The first-order chi connectivity index (χ1) is 16.7. The van der Waals surface area contributed by atoms with Gasteiger partial charge >= 0.3 is 11.9 Å². The summed E-state index contributed by atoms with van der Waals surface area (Å²) in [6.07, 6.45) is 23.4. The van der Waals surface area contributed by atoms with Crippen LogP contribution in [0.3, 0.4) is 0 Å². The van der Waals surface area contributed by atoms with Crippen molar-refractivity contribution < 1.29 is 19.1 Å². The molecule has 0 spiro atoms. The van der Waals surface area contributed by atoms with Gasteiger partial charge in [0.2, 0.25) is 0 Å². The summed E-state index contributed by atoms with van der Waals surface area (Å²) in [7, 11) is 0. The van der Waals surface area contributed by atoms with Crippen molar-refractivity contribution in [3.05, 3.63) is 25.3 Å². The number of carbonyl (C=O) groups excluding carboxylic acids is 2. The lowest BCUT2D eigenvalue weighted by atomic mass is 10.1. The number of halogens is 1. The third kappa shape index (κ3) is 29.0. The van der Waals surface area contributed by atoms with Crippen LogP contribution in [-0.2, 0) is 19.1 Å². The molecule has 0 aliphatic heterocycles. The maximum atomic E-state index is 11.4. The van der Waals surface area contributed by atoms with Crippen LogP contribution in [-0.4, -0.2) is 29.5 Å². The van der Waals surface area contributed by atoms with Gasteiger partial charge in [0.25, 0.3) is 0 Å². The molecule has 0 amide bonds. The van der Waals surface area contributed by atoms with E-state index in [1.807, 2.05) is 26.0 Å². The topological polar surface area (TPSA) is 52.6 Å². The zero-order valence-electron chi connectivity index (χ0n) is 23.4. The molecule has 0 bridgehead atoms. The third-order valence-electron chi connectivity index (χ3n) is 5.54. The Hall–Kier alpha value is -1.10. The van der Waals surface area contributed by atoms with Crippen molar-refractivity contribution in [2.75, 3.05) is 13.2 Å². The first-order valence-corrected chi connectivity index (χ1v) is 14.7. The molecule has 35 heavy (non-hydrogen) atoms. The van der Waals surface area contributed by atoms with Crippen LogP contribution in [0.5, 0.6) is 0 Å². The number of allylic oxidation sites excluding steroid dienone is 2. The molecule has 5 heteroatoms. The molecule has 0 heterocycles. The smallest absolute Gasteiger partial charge is 0.322 e. The van der Waals surface area contributed by atoms with Gasteiger partial charge in [-0.25, -0.2) is 0 Å². The van der Waals surface area contributed by atoms with Gasteiger partial charge in [-0.2, -0.15) is 0 Å². The van der Waals surface area contributed by atoms with Gasteiger partial charge in [-0.1, -0.05) is 106 Å². The van der Waals surface area contributed by atoms with Gasteiger partial charge in [0, 0.05) is 0 Å². The van der Waals surface area contributed by atoms with Gasteiger partial charge in [-0.3, -0.25) is 9.59 Å². The summed E-state index contributed by atoms with van der Waals surface area (Å²) < 4.78 is 9.72. The van der Waals surface area contributed by atoms with Gasteiger partial charge in [-0.05, 0) is 52.4 Å². The van der Waals surface area contributed by atoms with E-state index in [9.17, 15) is 9.59 Å². The van der Waals surface area contributed by atoms with Crippen LogP contribution >= 0.6 is 15.9 Å². The molecule has 0 aromatic rings. The molecule has 0 aromatic carbocycles. The number of hydrogen-bond acceptors (Lipinski definition) is 4. The fraction of sp³-hybridized carbons (Fsp3) is 0.800. The summed E-state index contributed by atoms with van der Waals surface area (Å²) in [5.74, 6) is -0.249. The third-order valence-corrected chi connectivity index (χ3v) is 5.86. The highest BCUT2D eigenvalue weighted by atomic mass is 79.9. The number of esters is 2. The molecule has 0 atom stereocenters. The molecule has 206 valence electrons. The van der Waals surface area contributed by atoms with Crippen LogP contribution in [0.15, 0.2) is 25.3 Å². The monoisotopic (exact) mass is 558 g/mol. The molecule has 0 saturated carbocycles. The zero-order chi connectivity index (χ0) is 26.8. The van der Waals surface area contributed by atoms with Crippen molar-refractivity contribution in [2.24, 2.45) is 5.92 Å². The quantitative estimate of drug-likeness (QED) is 0.0574. The number of alkyl halides is 1. The number of unbranched alkanes of at least 4 members (excludes halogenated alkanes) is 14. The molecule has 0 radical (unpaired) electrons. The highest BCUT2D eigenvalue weighted by Crippen LogP contribution is 2.18. The largest absolute Gasteiger partial charge is 0.465 e. The van der Waals surface area contributed by atoms with E-state index in [1.165, 1.54) is 70.6 Å². The Balaban J connectivity index is 0. The molecule has 0 aromatic heterocycles. The van der Waals surface area contributed by atoms with Crippen molar-refractivity contribution in [1.29, 1.82) is 0 Å². The second kappa shape index (κ2) is 26.0. The molecule has 0 saturated heterocycles. The van der Waals surface area contributed by atoms with Gasteiger partial charge < -0.3 is 9.47 Å². The highest BCUT2D eigenvalue weighted by molar-refractivity contribution is 9.10. The summed E-state index contributed by atoms with van der Waals surface area (Å²) in [4.78, 5) is 22.6. The first-order valence-electron chi connectivity index (χ1n) is 13.9. The van der Waals surface area contributed by atoms with E-state index in [0.717, 1.165) is 32.1 Å². The van der Waals surface area contributed by atoms with Crippen molar-refractivity contribution >= 4 is 27.9 Å². The highest BCUT2D eigenvalue weighted by Gasteiger charge is 2.24. The number of carbonyl (C=O) groups is 2. The van der Waals surface area contributed by atoms with Crippen molar-refractivity contribution in [3.63, 3.8) is 0 Å². The summed E-state index contributed by atoms with van der Waals surface area (Å²) >= 11 is 3.29. The Morgan fingerprint density at radius 3 is 1.37 bits per heavy atom. The van der Waals surface area contributed by atoms with Crippen LogP contribution in [0.25, 0.3) is 0 Å². The minimum atomic E-state index is -0.557. The van der Waals surface area contributed by atoms with Crippen LogP contribution in [0.2, 0.25) is 0 Å². The normalized spacial score (nSPS) is 10.9. The van der Waals surface area contributed by atoms with Crippen molar-refractivity contribution in [1.82, 2.24) is 0 Å². The van der Waals surface area contributed by atoms with Gasteiger partial charge in [0.05, 0.1) is 19.1 Å². The standard InChI is InChI=1S/C15H27BrO2.C15H28O2/c1-4-5-6-7-8-9-10-11-12-13-18-14(17)15(2,3)16;1-4-5-6-7-8-9-10-11-12-13-17-15(16)14(2)3/h4H,1,5-13H2,2-3H3;4,14H,1,5-13H2,2-3H3. The number of rotatable bonds is 22. The van der Waals surface area contributed by atoms with Crippen LogP contribution in [0.4, 0.5) is 0 Å². The average Bonchev–Trinajstić information content (AvgIpc) is 2.81. The van der Waals surface area contributed by atoms with E-state index in [4.69, 9.17) is 9.47 Å².